The van der Waals surface area contributed by atoms with Gasteiger partial charge in [0.05, 0.1) is 22.6 Å². The Bertz CT molecular complexity index is 812. The predicted molar refractivity (Wildman–Crippen MR) is 85.8 cm³/mol. The first-order valence-corrected chi connectivity index (χ1v) is 7.23. The highest BCUT2D eigenvalue weighted by atomic mass is 16.2. The van der Waals surface area contributed by atoms with Gasteiger partial charge in [-0.05, 0) is 32.9 Å². The number of nitrogens with zero attached hydrogens (tertiary/aromatic N) is 3. The van der Waals surface area contributed by atoms with Crippen molar-refractivity contribution in [3.05, 3.63) is 41.2 Å². The van der Waals surface area contributed by atoms with Crippen LogP contribution in [0.25, 0.3) is 11.0 Å². The molecule has 1 aromatic carbocycles. The number of nitrogens with one attached hydrogen (secondary N) is 2. The molecule has 0 spiro atoms. The average molecular weight is 297 g/mol. The summed E-state index contributed by atoms with van der Waals surface area (Å²) in [4.78, 5) is 20.0. The van der Waals surface area contributed by atoms with Gasteiger partial charge in [0.2, 0.25) is 11.9 Å². The van der Waals surface area contributed by atoms with Gasteiger partial charge in [-0.1, -0.05) is 12.1 Å². The van der Waals surface area contributed by atoms with E-state index in [1.165, 1.54) is 0 Å². The number of anilines is 1. The summed E-state index contributed by atoms with van der Waals surface area (Å²) < 4.78 is 1.80. The van der Waals surface area contributed by atoms with Gasteiger partial charge in [-0.25, -0.2) is 4.98 Å². The highest BCUT2D eigenvalue weighted by molar-refractivity contribution is 5.95. The van der Waals surface area contributed by atoms with Crippen molar-refractivity contribution < 1.29 is 4.79 Å². The van der Waals surface area contributed by atoms with Gasteiger partial charge >= 0.3 is 0 Å². The third-order valence-electron chi connectivity index (χ3n) is 4.02. The first-order valence-electron chi connectivity index (χ1n) is 7.23. The number of rotatable bonds is 3. The summed E-state index contributed by atoms with van der Waals surface area (Å²) in [5.41, 5.74) is 4.59. The topological polar surface area (TPSA) is 75.6 Å². The lowest BCUT2D eigenvalue weighted by Crippen LogP contribution is -2.20. The summed E-state index contributed by atoms with van der Waals surface area (Å²) in [6.07, 6.45) is 0. The number of fused-ring (bicyclic) bond motifs is 1. The molecule has 1 atom stereocenters. The number of hydrogen-bond acceptors (Lipinski definition) is 3. The molecule has 0 radical (unpaired) electrons. The Morgan fingerprint density at radius 1 is 1.32 bits per heavy atom. The minimum atomic E-state index is -0.290. The maximum atomic E-state index is 12.5. The molecular formula is C16H19N5O. The molecule has 2 N–H and O–H groups in total. The molecule has 0 aliphatic carbocycles. The second kappa shape index (κ2) is 5.29. The van der Waals surface area contributed by atoms with Crippen LogP contribution in [0.1, 0.15) is 29.8 Å². The summed E-state index contributed by atoms with van der Waals surface area (Å²) in [5, 5.41) is 7.22. The Morgan fingerprint density at radius 3 is 2.68 bits per heavy atom. The number of aromatic nitrogens is 4. The zero-order valence-electron chi connectivity index (χ0n) is 13.1. The predicted octanol–water partition coefficient (Wildman–Crippen LogP) is 2.66. The Balaban J connectivity index is 1.84. The van der Waals surface area contributed by atoms with Gasteiger partial charge in [0.15, 0.2) is 0 Å². The molecular weight excluding hydrogens is 278 g/mol. The first-order chi connectivity index (χ1) is 10.5. The molecule has 22 heavy (non-hydrogen) atoms. The molecule has 114 valence electrons. The number of amides is 1. The standard InChI is InChI=1S/C16H19N5O/c1-9(14-10(2)20-21(4)11(14)3)15(22)19-16-17-12-7-5-6-8-13(12)18-16/h5-9H,1-4H3,(H2,17,18,19,22)/t9-/m0/s1. The molecule has 3 rings (SSSR count). The number of aryl methyl sites for hydroxylation is 2. The zero-order chi connectivity index (χ0) is 15.9. The molecule has 0 fully saturated rings. The van der Waals surface area contributed by atoms with Gasteiger partial charge in [-0.2, -0.15) is 5.10 Å². The molecule has 0 bridgehead atoms. The lowest BCUT2D eigenvalue weighted by atomic mass is 9.98. The van der Waals surface area contributed by atoms with Crippen molar-refractivity contribution in [2.45, 2.75) is 26.7 Å². The Morgan fingerprint density at radius 2 is 2.05 bits per heavy atom. The van der Waals surface area contributed by atoms with E-state index in [9.17, 15) is 4.79 Å². The van der Waals surface area contributed by atoms with Crippen LogP contribution in [0.5, 0.6) is 0 Å². The molecule has 1 amide bonds. The smallest absolute Gasteiger partial charge is 0.234 e. The van der Waals surface area contributed by atoms with Crippen LogP contribution < -0.4 is 5.32 Å². The van der Waals surface area contributed by atoms with E-state index >= 15 is 0 Å². The third kappa shape index (κ3) is 2.36. The molecule has 2 heterocycles. The fraction of sp³-hybridized carbons (Fsp3) is 0.312. The van der Waals surface area contributed by atoms with Crippen LogP contribution >= 0.6 is 0 Å². The number of H-pyrrole nitrogens is 1. The number of hydrogen-bond donors (Lipinski definition) is 2. The summed E-state index contributed by atoms with van der Waals surface area (Å²) >= 11 is 0. The molecule has 6 nitrogen and oxygen atoms in total. The number of carbonyl (C=O) groups excluding carboxylic acids is 1. The van der Waals surface area contributed by atoms with Gasteiger partial charge < -0.3 is 4.98 Å². The molecule has 2 aromatic heterocycles. The van der Waals surface area contributed by atoms with Crippen molar-refractivity contribution in [3.8, 4) is 0 Å². The maximum absolute atomic E-state index is 12.5. The van der Waals surface area contributed by atoms with Crippen molar-refractivity contribution in [1.29, 1.82) is 0 Å². The minimum absolute atomic E-state index is 0.0988. The lowest BCUT2D eigenvalue weighted by Gasteiger charge is -2.11. The van der Waals surface area contributed by atoms with Crippen molar-refractivity contribution in [2.24, 2.45) is 7.05 Å². The van der Waals surface area contributed by atoms with E-state index in [1.54, 1.807) is 4.68 Å². The van der Waals surface area contributed by atoms with Crippen molar-refractivity contribution in [2.75, 3.05) is 5.32 Å². The highest BCUT2D eigenvalue weighted by Gasteiger charge is 2.23. The van der Waals surface area contributed by atoms with Crippen LogP contribution in [-0.2, 0) is 11.8 Å². The Hall–Kier alpha value is -2.63. The second-order valence-corrected chi connectivity index (χ2v) is 5.52. The van der Waals surface area contributed by atoms with Crippen LogP contribution in [0.3, 0.4) is 0 Å². The van der Waals surface area contributed by atoms with Gasteiger partial charge in [0, 0.05) is 18.3 Å². The van der Waals surface area contributed by atoms with E-state index < -0.39 is 0 Å². The molecule has 0 unspecified atom stereocenters. The normalized spacial score (nSPS) is 12.5. The van der Waals surface area contributed by atoms with E-state index in [2.05, 4.69) is 20.4 Å². The highest BCUT2D eigenvalue weighted by Crippen LogP contribution is 2.24. The number of carbonyl (C=O) groups is 1. The van der Waals surface area contributed by atoms with E-state index in [0.29, 0.717) is 5.95 Å². The molecule has 0 aliphatic rings. The molecule has 6 heteroatoms. The first kappa shape index (κ1) is 14.3. The van der Waals surface area contributed by atoms with E-state index in [4.69, 9.17) is 0 Å². The van der Waals surface area contributed by atoms with Gasteiger partial charge in [-0.15, -0.1) is 0 Å². The number of aromatic amines is 1. The third-order valence-corrected chi connectivity index (χ3v) is 4.02. The van der Waals surface area contributed by atoms with Crippen LogP contribution in [0.2, 0.25) is 0 Å². The monoisotopic (exact) mass is 297 g/mol. The molecule has 0 saturated carbocycles. The molecule has 0 aliphatic heterocycles. The van der Waals surface area contributed by atoms with E-state index in [-0.39, 0.29) is 11.8 Å². The summed E-state index contributed by atoms with van der Waals surface area (Å²) in [6.45, 7) is 5.78. The number of imidazole rings is 1. The summed E-state index contributed by atoms with van der Waals surface area (Å²) in [7, 11) is 1.88. The Labute approximate surface area is 128 Å². The van der Waals surface area contributed by atoms with Crippen LogP contribution in [0.15, 0.2) is 24.3 Å². The van der Waals surface area contributed by atoms with Crippen LogP contribution in [0.4, 0.5) is 5.95 Å². The van der Waals surface area contributed by atoms with Crippen molar-refractivity contribution >= 4 is 22.9 Å². The second-order valence-electron chi connectivity index (χ2n) is 5.52. The van der Waals surface area contributed by atoms with Crippen LogP contribution in [-0.4, -0.2) is 25.7 Å². The van der Waals surface area contributed by atoms with Gasteiger partial charge in [-0.3, -0.25) is 14.8 Å². The summed E-state index contributed by atoms with van der Waals surface area (Å²) in [5.74, 6) is 0.0809. The molecule has 3 aromatic rings. The lowest BCUT2D eigenvalue weighted by molar-refractivity contribution is -0.117. The fourth-order valence-electron chi connectivity index (χ4n) is 2.78. The fourth-order valence-corrected chi connectivity index (χ4v) is 2.78. The summed E-state index contributed by atoms with van der Waals surface area (Å²) in [6, 6.07) is 7.67. The maximum Gasteiger partial charge on any atom is 0.234 e. The van der Waals surface area contributed by atoms with Gasteiger partial charge in [0.25, 0.3) is 0 Å². The zero-order valence-corrected chi connectivity index (χ0v) is 13.1. The van der Waals surface area contributed by atoms with Crippen LogP contribution in [0, 0.1) is 13.8 Å². The van der Waals surface area contributed by atoms with Crippen molar-refractivity contribution in [3.63, 3.8) is 0 Å². The van der Waals surface area contributed by atoms with E-state index in [1.807, 2.05) is 52.1 Å². The van der Waals surface area contributed by atoms with Gasteiger partial charge in [0.1, 0.15) is 0 Å². The largest absolute Gasteiger partial charge is 0.324 e. The Kier molecular flexibility index (Phi) is 3.44. The number of para-hydroxylation sites is 2. The average Bonchev–Trinajstić information content (AvgIpc) is 2.99. The molecule has 0 saturated heterocycles. The van der Waals surface area contributed by atoms with Crippen molar-refractivity contribution in [1.82, 2.24) is 19.7 Å². The SMILES string of the molecule is Cc1nn(C)c(C)c1[C@H](C)C(=O)Nc1nc2ccccc2[nH]1. The van der Waals surface area contributed by atoms with E-state index in [0.717, 1.165) is 28.0 Å². The number of benzene rings is 1. The quantitative estimate of drug-likeness (QED) is 0.780. The minimum Gasteiger partial charge on any atom is -0.324 e.